The number of nitrogens with two attached hydrogens (primary N) is 1. The van der Waals surface area contributed by atoms with Crippen LogP contribution in [0.1, 0.15) is 6.42 Å². The molecule has 0 saturated carbocycles. The molecule has 1 aromatic carbocycles. The number of carbonyl (C=O) groups excluding carboxylic acids is 1. The summed E-state index contributed by atoms with van der Waals surface area (Å²) in [4.78, 5) is 15.1. The number of carbonyl (C=O) groups is 1. The van der Waals surface area contributed by atoms with Crippen LogP contribution in [0.2, 0.25) is 0 Å². The van der Waals surface area contributed by atoms with Crippen LogP contribution in [-0.2, 0) is 14.8 Å². The second kappa shape index (κ2) is 6.02. The highest BCUT2D eigenvalue weighted by Gasteiger charge is 2.26. The van der Waals surface area contributed by atoms with Gasteiger partial charge in [0, 0.05) is 24.5 Å². The lowest BCUT2D eigenvalue weighted by molar-refractivity contribution is -0.117. The minimum atomic E-state index is -3.75. The van der Waals surface area contributed by atoms with E-state index in [4.69, 9.17) is 5.73 Å². The first-order valence-corrected chi connectivity index (χ1v) is 8.09. The van der Waals surface area contributed by atoms with Crippen molar-refractivity contribution in [2.24, 2.45) is 5.73 Å². The molecule has 2 N–H and O–H groups in total. The largest absolute Gasteiger partial charge is 0.370 e. The van der Waals surface area contributed by atoms with Gasteiger partial charge in [-0.25, -0.2) is 17.7 Å². The second-order valence-electron chi connectivity index (χ2n) is 3.92. The molecule has 0 atom stereocenters. The number of sulfonamides is 1. The van der Waals surface area contributed by atoms with Gasteiger partial charge in [0.1, 0.15) is 0 Å². The van der Waals surface area contributed by atoms with Gasteiger partial charge in [0.05, 0.1) is 4.90 Å². The van der Waals surface area contributed by atoms with Gasteiger partial charge in [0.2, 0.25) is 5.91 Å². The van der Waals surface area contributed by atoms with Gasteiger partial charge in [0.15, 0.2) is 5.13 Å². The van der Waals surface area contributed by atoms with Gasteiger partial charge in [-0.15, -0.1) is 11.3 Å². The number of aromatic nitrogens is 1. The predicted molar refractivity (Wildman–Crippen MR) is 76.9 cm³/mol. The molecule has 1 heterocycles. The zero-order valence-corrected chi connectivity index (χ0v) is 12.1. The summed E-state index contributed by atoms with van der Waals surface area (Å²) in [6, 6.07) is 8.01. The van der Waals surface area contributed by atoms with E-state index in [1.54, 1.807) is 23.6 Å². The van der Waals surface area contributed by atoms with Crippen LogP contribution < -0.4 is 10.0 Å². The Bertz CT molecular complexity index is 669. The van der Waals surface area contributed by atoms with Crippen molar-refractivity contribution in [3.05, 3.63) is 41.9 Å². The maximum absolute atomic E-state index is 12.6. The Hall–Kier alpha value is -1.93. The molecule has 2 aromatic rings. The van der Waals surface area contributed by atoms with Crippen molar-refractivity contribution in [2.45, 2.75) is 11.3 Å². The van der Waals surface area contributed by atoms with Gasteiger partial charge in [-0.2, -0.15) is 0 Å². The molecule has 6 nitrogen and oxygen atoms in total. The van der Waals surface area contributed by atoms with E-state index in [2.05, 4.69) is 4.98 Å². The van der Waals surface area contributed by atoms with Crippen molar-refractivity contribution in [3.63, 3.8) is 0 Å². The third kappa shape index (κ3) is 3.14. The van der Waals surface area contributed by atoms with Crippen LogP contribution in [0.4, 0.5) is 5.13 Å². The van der Waals surface area contributed by atoms with Crippen molar-refractivity contribution in [1.29, 1.82) is 0 Å². The highest BCUT2D eigenvalue weighted by atomic mass is 32.2. The van der Waals surface area contributed by atoms with Crippen molar-refractivity contribution in [1.82, 2.24) is 4.98 Å². The maximum Gasteiger partial charge on any atom is 0.266 e. The van der Waals surface area contributed by atoms with Crippen LogP contribution in [0, 0.1) is 0 Å². The first kappa shape index (κ1) is 14.5. The smallest absolute Gasteiger partial charge is 0.266 e. The summed E-state index contributed by atoms with van der Waals surface area (Å²) in [5, 5.41) is 1.99. The first-order valence-electron chi connectivity index (χ1n) is 5.77. The van der Waals surface area contributed by atoms with Crippen LogP contribution in [0.25, 0.3) is 0 Å². The van der Waals surface area contributed by atoms with Gasteiger partial charge in [0.25, 0.3) is 10.0 Å². The fourth-order valence-electron chi connectivity index (χ4n) is 1.59. The zero-order chi connectivity index (χ0) is 14.6. The van der Waals surface area contributed by atoms with Crippen molar-refractivity contribution in [3.8, 4) is 0 Å². The second-order valence-corrected chi connectivity index (χ2v) is 6.66. The monoisotopic (exact) mass is 311 g/mol. The molecule has 0 aliphatic heterocycles. The van der Waals surface area contributed by atoms with Crippen LogP contribution in [0.5, 0.6) is 0 Å². The lowest BCUT2D eigenvalue weighted by Crippen LogP contribution is -2.34. The number of hydrogen-bond acceptors (Lipinski definition) is 5. The standard InChI is InChI=1S/C12H13N3O3S2/c13-11(16)6-8-15(12-14-7-9-19-12)20(17,18)10-4-2-1-3-5-10/h1-5,7,9H,6,8H2,(H2,13,16). The van der Waals surface area contributed by atoms with Gasteiger partial charge >= 0.3 is 0 Å². The maximum atomic E-state index is 12.6. The first-order chi connectivity index (χ1) is 9.51. The summed E-state index contributed by atoms with van der Waals surface area (Å²) in [6.07, 6.45) is 1.45. The average molecular weight is 311 g/mol. The van der Waals surface area contributed by atoms with E-state index >= 15 is 0 Å². The van der Waals surface area contributed by atoms with Gasteiger partial charge in [-0.05, 0) is 12.1 Å². The van der Waals surface area contributed by atoms with E-state index < -0.39 is 15.9 Å². The van der Waals surface area contributed by atoms with E-state index in [0.717, 1.165) is 4.31 Å². The molecule has 0 spiro atoms. The SMILES string of the molecule is NC(=O)CCN(c1nccs1)S(=O)(=O)c1ccccc1. The number of nitrogens with zero attached hydrogens (tertiary/aromatic N) is 2. The molecule has 0 radical (unpaired) electrons. The third-order valence-electron chi connectivity index (χ3n) is 2.53. The van der Waals surface area contributed by atoms with E-state index in [9.17, 15) is 13.2 Å². The normalized spacial score (nSPS) is 11.2. The summed E-state index contributed by atoms with van der Waals surface area (Å²) >= 11 is 1.19. The molecule has 0 unspecified atom stereocenters. The molecule has 20 heavy (non-hydrogen) atoms. The molecule has 0 aliphatic rings. The molecule has 106 valence electrons. The van der Waals surface area contributed by atoms with Crippen LogP contribution >= 0.6 is 11.3 Å². The summed E-state index contributed by atoms with van der Waals surface area (Å²) in [7, 11) is -3.75. The molecule has 2 rings (SSSR count). The molecular weight excluding hydrogens is 298 g/mol. The lowest BCUT2D eigenvalue weighted by atomic mass is 10.4. The predicted octanol–water partition coefficient (Wildman–Crippen LogP) is 1.21. The van der Waals surface area contributed by atoms with Crippen molar-refractivity contribution < 1.29 is 13.2 Å². The number of thiazole rings is 1. The molecule has 0 bridgehead atoms. The summed E-state index contributed by atoms with van der Waals surface area (Å²) < 4.78 is 26.3. The molecule has 0 saturated heterocycles. The van der Waals surface area contributed by atoms with Crippen LogP contribution in [0.3, 0.4) is 0 Å². The summed E-state index contributed by atoms with van der Waals surface area (Å²) in [5.41, 5.74) is 5.10. The minimum absolute atomic E-state index is 0.0277. The lowest BCUT2D eigenvalue weighted by Gasteiger charge is -2.21. The zero-order valence-electron chi connectivity index (χ0n) is 10.5. The van der Waals surface area contributed by atoms with E-state index in [1.807, 2.05) is 0 Å². The molecule has 1 aromatic heterocycles. The van der Waals surface area contributed by atoms with Crippen molar-refractivity contribution >= 4 is 32.4 Å². The number of benzene rings is 1. The van der Waals surface area contributed by atoms with Crippen molar-refractivity contribution in [2.75, 3.05) is 10.8 Å². The van der Waals surface area contributed by atoms with Crippen LogP contribution in [0.15, 0.2) is 46.8 Å². The fraction of sp³-hybridized carbons (Fsp3) is 0.167. The topological polar surface area (TPSA) is 93.4 Å². The summed E-state index contributed by atoms with van der Waals surface area (Å²) in [5.74, 6) is -0.560. The molecule has 1 amide bonds. The van der Waals surface area contributed by atoms with Gasteiger partial charge < -0.3 is 5.73 Å². The van der Waals surface area contributed by atoms with E-state index in [0.29, 0.717) is 5.13 Å². The Kier molecular flexibility index (Phi) is 4.35. The molecular formula is C12H13N3O3S2. The minimum Gasteiger partial charge on any atom is -0.370 e. The Balaban J connectivity index is 2.38. The molecule has 0 aliphatic carbocycles. The number of rotatable bonds is 6. The quantitative estimate of drug-likeness (QED) is 0.867. The summed E-state index contributed by atoms with van der Waals surface area (Å²) in [6.45, 7) is -0.0277. The number of primary amides is 1. The Labute approximate surface area is 120 Å². The highest BCUT2D eigenvalue weighted by molar-refractivity contribution is 7.93. The van der Waals surface area contributed by atoms with E-state index in [1.165, 1.54) is 29.7 Å². The van der Waals surface area contributed by atoms with Gasteiger partial charge in [-0.1, -0.05) is 18.2 Å². The Morgan fingerprint density at radius 2 is 2.00 bits per heavy atom. The average Bonchev–Trinajstić information content (AvgIpc) is 2.93. The number of amides is 1. The molecule has 0 fully saturated rings. The van der Waals surface area contributed by atoms with Gasteiger partial charge in [-0.3, -0.25) is 4.79 Å². The number of hydrogen-bond donors (Lipinski definition) is 1. The van der Waals surface area contributed by atoms with E-state index in [-0.39, 0.29) is 17.9 Å². The molecule has 8 heteroatoms. The Morgan fingerprint density at radius 1 is 1.30 bits per heavy atom. The third-order valence-corrected chi connectivity index (χ3v) is 5.24. The van der Waals surface area contributed by atoms with Crippen LogP contribution in [-0.4, -0.2) is 25.9 Å². The Morgan fingerprint density at radius 3 is 2.55 bits per heavy atom. The highest BCUT2D eigenvalue weighted by Crippen LogP contribution is 2.25. The number of anilines is 1. The fourth-order valence-corrected chi connectivity index (χ4v) is 3.93.